The molecule has 0 spiro atoms. The molecule has 4 rings (SSSR count). The van der Waals surface area contributed by atoms with Crippen molar-refractivity contribution in [2.75, 3.05) is 5.32 Å². The van der Waals surface area contributed by atoms with E-state index in [1.165, 1.54) is 0 Å². The van der Waals surface area contributed by atoms with Crippen LogP contribution in [0.25, 0.3) is 17.1 Å². The summed E-state index contributed by atoms with van der Waals surface area (Å²) in [5, 5.41) is 8.58. The molecule has 0 aliphatic rings. The van der Waals surface area contributed by atoms with E-state index in [9.17, 15) is 4.79 Å². The van der Waals surface area contributed by atoms with Crippen molar-refractivity contribution in [3.05, 3.63) is 92.1 Å². The van der Waals surface area contributed by atoms with Crippen molar-refractivity contribution in [3.8, 4) is 17.1 Å². The third-order valence-corrected chi connectivity index (χ3v) is 5.73. The zero-order valence-corrected chi connectivity index (χ0v) is 19.8. The number of carbonyl (C=O) groups is 1. The predicted octanol–water partition coefficient (Wildman–Crippen LogP) is 6.87. The van der Waals surface area contributed by atoms with Crippen LogP contribution >= 0.6 is 39.1 Å². The first-order valence-corrected chi connectivity index (χ1v) is 10.9. The third-order valence-electron chi connectivity index (χ3n) is 4.75. The fourth-order valence-electron chi connectivity index (χ4n) is 3.12. The Bertz CT molecular complexity index is 1290. The summed E-state index contributed by atoms with van der Waals surface area (Å²) in [6.07, 6.45) is 0. The SMILES string of the molecule is Cc1cc(Br)ccc1NC(=O)c1nc(-c2ccc(Cl)cc2)n(-c2cc(Cl)ccc2C)n1. The maximum absolute atomic E-state index is 13.0. The number of carbonyl (C=O) groups excluding carboxylic acids is 1. The number of nitrogens with one attached hydrogen (secondary N) is 1. The average molecular weight is 516 g/mol. The van der Waals surface area contributed by atoms with Crippen LogP contribution in [-0.4, -0.2) is 20.7 Å². The number of aromatic nitrogens is 3. The molecule has 1 amide bonds. The Kier molecular flexibility index (Phi) is 6.14. The molecule has 0 atom stereocenters. The molecule has 1 N–H and O–H groups in total. The molecule has 0 saturated carbocycles. The number of halogens is 3. The van der Waals surface area contributed by atoms with E-state index < -0.39 is 5.91 Å². The minimum atomic E-state index is -0.404. The number of nitrogens with zero attached hydrogens (tertiary/aromatic N) is 3. The van der Waals surface area contributed by atoms with Gasteiger partial charge in [-0.25, -0.2) is 9.67 Å². The first-order valence-electron chi connectivity index (χ1n) is 9.39. The van der Waals surface area contributed by atoms with Crippen LogP contribution in [0.5, 0.6) is 0 Å². The van der Waals surface area contributed by atoms with Crippen LogP contribution in [-0.2, 0) is 0 Å². The van der Waals surface area contributed by atoms with Crippen molar-refractivity contribution in [2.45, 2.75) is 13.8 Å². The van der Waals surface area contributed by atoms with Crippen LogP contribution < -0.4 is 5.32 Å². The summed E-state index contributed by atoms with van der Waals surface area (Å²) in [5.41, 5.74) is 4.07. The summed E-state index contributed by atoms with van der Waals surface area (Å²) in [7, 11) is 0. The fraction of sp³-hybridized carbons (Fsp3) is 0.0870. The second kappa shape index (κ2) is 8.83. The summed E-state index contributed by atoms with van der Waals surface area (Å²) in [5.74, 6) is 0.158. The molecule has 31 heavy (non-hydrogen) atoms. The normalized spacial score (nSPS) is 10.9. The lowest BCUT2D eigenvalue weighted by molar-refractivity contribution is 0.101. The molecular formula is C23H17BrCl2N4O. The molecule has 0 aliphatic carbocycles. The van der Waals surface area contributed by atoms with Crippen molar-refractivity contribution >= 4 is 50.7 Å². The summed E-state index contributed by atoms with van der Waals surface area (Å²) in [6, 6.07) is 18.3. The Labute approximate surface area is 198 Å². The standard InChI is InChI=1S/C23H17BrCl2N4O/c1-13-3-7-18(26)12-20(13)30-22(15-4-8-17(25)9-5-15)28-21(29-30)23(31)27-19-10-6-16(24)11-14(19)2/h3-12H,1-2H3,(H,27,31). The molecular weight excluding hydrogens is 499 g/mol. The van der Waals surface area contributed by atoms with Gasteiger partial charge in [0.1, 0.15) is 0 Å². The van der Waals surface area contributed by atoms with E-state index in [-0.39, 0.29) is 5.82 Å². The number of benzene rings is 3. The second-order valence-corrected chi connectivity index (χ2v) is 8.81. The molecule has 3 aromatic carbocycles. The lowest BCUT2D eigenvalue weighted by Gasteiger charge is -2.09. The molecule has 0 bridgehead atoms. The maximum atomic E-state index is 13.0. The van der Waals surface area contributed by atoms with Gasteiger partial charge in [0.2, 0.25) is 5.82 Å². The number of anilines is 1. The van der Waals surface area contributed by atoms with Gasteiger partial charge in [0.15, 0.2) is 5.82 Å². The van der Waals surface area contributed by atoms with E-state index in [2.05, 4.69) is 31.3 Å². The van der Waals surface area contributed by atoms with Gasteiger partial charge < -0.3 is 5.32 Å². The first-order chi connectivity index (χ1) is 14.8. The van der Waals surface area contributed by atoms with E-state index in [0.29, 0.717) is 21.6 Å². The van der Waals surface area contributed by atoms with Gasteiger partial charge in [-0.2, -0.15) is 0 Å². The van der Waals surface area contributed by atoms with Gasteiger partial charge in [-0.15, -0.1) is 5.10 Å². The van der Waals surface area contributed by atoms with Crippen molar-refractivity contribution in [2.24, 2.45) is 0 Å². The number of hydrogen-bond acceptors (Lipinski definition) is 3. The van der Waals surface area contributed by atoms with E-state index in [0.717, 1.165) is 26.9 Å². The monoisotopic (exact) mass is 514 g/mol. The van der Waals surface area contributed by atoms with Crippen molar-refractivity contribution in [1.29, 1.82) is 0 Å². The summed E-state index contributed by atoms with van der Waals surface area (Å²) in [4.78, 5) is 17.5. The lowest BCUT2D eigenvalue weighted by atomic mass is 10.2. The number of aryl methyl sites for hydroxylation is 2. The summed E-state index contributed by atoms with van der Waals surface area (Å²) < 4.78 is 2.57. The Balaban J connectivity index is 1.80. The highest BCUT2D eigenvalue weighted by Gasteiger charge is 2.20. The molecule has 5 nitrogen and oxygen atoms in total. The fourth-order valence-corrected chi connectivity index (χ4v) is 3.89. The van der Waals surface area contributed by atoms with Crippen LogP contribution in [0.15, 0.2) is 65.1 Å². The number of hydrogen-bond donors (Lipinski definition) is 1. The van der Waals surface area contributed by atoms with Crippen LogP contribution in [0.2, 0.25) is 10.0 Å². The first kappa shape index (κ1) is 21.6. The zero-order chi connectivity index (χ0) is 22.1. The summed E-state index contributed by atoms with van der Waals surface area (Å²) in [6.45, 7) is 3.87. The van der Waals surface area contributed by atoms with Crippen LogP contribution in [0.1, 0.15) is 21.7 Å². The molecule has 0 fully saturated rings. The number of rotatable bonds is 4. The van der Waals surface area contributed by atoms with Gasteiger partial charge in [0.25, 0.3) is 5.91 Å². The smallest absolute Gasteiger partial charge is 0.295 e. The maximum Gasteiger partial charge on any atom is 0.295 e. The quantitative estimate of drug-likeness (QED) is 0.322. The van der Waals surface area contributed by atoms with Gasteiger partial charge in [0.05, 0.1) is 5.69 Å². The topological polar surface area (TPSA) is 59.8 Å². The second-order valence-electron chi connectivity index (χ2n) is 7.02. The van der Waals surface area contributed by atoms with Gasteiger partial charge in [-0.3, -0.25) is 4.79 Å². The molecule has 8 heteroatoms. The van der Waals surface area contributed by atoms with Gasteiger partial charge in [0, 0.05) is 25.8 Å². The predicted molar refractivity (Wildman–Crippen MR) is 128 cm³/mol. The van der Waals surface area contributed by atoms with E-state index in [1.807, 2.05) is 56.3 Å². The van der Waals surface area contributed by atoms with Gasteiger partial charge in [-0.05, 0) is 79.6 Å². The minimum Gasteiger partial charge on any atom is -0.319 e. The largest absolute Gasteiger partial charge is 0.319 e. The van der Waals surface area contributed by atoms with Gasteiger partial charge >= 0.3 is 0 Å². The van der Waals surface area contributed by atoms with Crippen LogP contribution in [0.4, 0.5) is 5.69 Å². The lowest BCUT2D eigenvalue weighted by Crippen LogP contribution is -2.15. The van der Waals surface area contributed by atoms with Crippen molar-refractivity contribution < 1.29 is 4.79 Å². The van der Waals surface area contributed by atoms with Crippen molar-refractivity contribution in [3.63, 3.8) is 0 Å². The minimum absolute atomic E-state index is 0.0478. The van der Waals surface area contributed by atoms with Gasteiger partial charge in [-0.1, -0.05) is 45.2 Å². The molecule has 0 aliphatic heterocycles. The van der Waals surface area contributed by atoms with Crippen LogP contribution in [0.3, 0.4) is 0 Å². The number of amides is 1. The molecule has 1 aromatic heterocycles. The van der Waals surface area contributed by atoms with E-state index >= 15 is 0 Å². The highest BCUT2D eigenvalue weighted by atomic mass is 79.9. The molecule has 0 saturated heterocycles. The highest BCUT2D eigenvalue weighted by Crippen LogP contribution is 2.27. The zero-order valence-electron chi connectivity index (χ0n) is 16.7. The Hall–Kier alpha value is -2.67. The average Bonchev–Trinajstić information content (AvgIpc) is 3.18. The highest BCUT2D eigenvalue weighted by molar-refractivity contribution is 9.10. The Morgan fingerprint density at radius 1 is 0.935 bits per heavy atom. The van der Waals surface area contributed by atoms with Crippen LogP contribution in [0, 0.1) is 13.8 Å². The van der Waals surface area contributed by atoms with E-state index in [4.69, 9.17) is 23.2 Å². The third kappa shape index (κ3) is 4.66. The van der Waals surface area contributed by atoms with Crippen molar-refractivity contribution in [1.82, 2.24) is 14.8 Å². The molecule has 0 radical (unpaired) electrons. The molecule has 156 valence electrons. The summed E-state index contributed by atoms with van der Waals surface area (Å²) >= 11 is 15.7. The Morgan fingerprint density at radius 3 is 2.35 bits per heavy atom. The molecule has 4 aromatic rings. The molecule has 1 heterocycles. The Morgan fingerprint density at radius 2 is 1.65 bits per heavy atom. The molecule has 0 unspecified atom stereocenters. The van der Waals surface area contributed by atoms with E-state index in [1.54, 1.807) is 22.9 Å².